The van der Waals surface area contributed by atoms with Gasteiger partial charge in [-0.05, 0) is 24.1 Å². The molecule has 0 aliphatic carbocycles. The van der Waals surface area contributed by atoms with E-state index < -0.39 is 10.1 Å². The van der Waals surface area contributed by atoms with Crippen molar-refractivity contribution in [2.75, 3.05) is 22.9 Å². The smallest absolute Gasteiger partial charge is 0.294 e. The molecule has 0 radical (unpaired) electrons. The second-order valence-electron chi connectivity index (χ2n) is 5.07. The fraction of sp³-hybridized carbons (Fsp3) is 0.385. The Morgan fingerprint density at radius 1 is 1.50 bits per heavy atom. The van der Waals surface area contributed by atoms with Crippen molar-refractivity contribution in [1.82, 2.24) is 0 Å². The lowest BCUT2D eigenvalue weighted by atomic mass is 10.1. The molecule has 0 bridgehead atoms. The highest BCUT2D eigenvalue weighted by molar-refractivity contribution is 8.13. The van der Waals surface area contributed by atoms with Gasteiger partial charge in [-0.15, -0.1) is 0 Å². The van der Waals surface area contributed by atoms with Crippen LogP contribution in [0.2, 0.25) is 0 Å². The van der Waals surface area contributed by atoms with Crippen molar-refractivity contribution < 1.29 is 22.6 Å². The second-order valence-corrected chi connectivity index (χ2v) is 7.69. The Morgan fingerprint density at radius 3 is 2.77 bits per heavy atom. The molecule has 0 aromatic heterocycles. The summed E-state index contributed by atoms with van der Waals surface area (Å²) in [5.41, 5.74) is 6.32. The Morgan fingerprint density at radius 2 is 2.18 bits per heavy atom. The molecule has 2 rings (SSSR count). The van der Waals surface area contributed by atoms with E-state index in [0.29, 0.717) is 12.3 Å². The third kappa shape index (κ3) is 3.79. The zero-order valence-electron chi connectivity index (χ0n) is 11.9. The van der Waals surface area contributed by atoms with Gasteiger partial charge in [0.2, 0.25) is 5.91 Å². The first-order chi connectivity index (χ1) is 10.2. The van der Waals surface area contributed by atoms with Crippen LogP contribution in [0.3, 0.4) is 0 Å². The number of nitrogens with zero attached hydrogens (tertiary/aromatic N) is 1. The van der Waals surface area contributed by atoms with Gasteiger partial charge in [0.1, 0.15) is 0 Å². The summed E-state index contributed by atoms with van der Waals surface area (Å²) in [7, 11) is -4.37. The van der Waals surface area contributed by atoms with Gasteiger partial charge < -0.3 is 10.6 Å². The lowest BCUT2D eigenvalue weighted by molar-refractivity contribution is -0.117. The van der Waals surface area contributed by atoms with Gasteiger partial charge in [-0.2, -0.15) is 8.42 Å². The Labute approximate surface area is 132 Å². The van der Waals surface area contributed by atoms with E-state index in [0.717, 1.165) is 11.8 Å². The van der Waals surface area contributed by atoms with Crippen LogP contribution in [0.1, 0.15) is 13.3 Å². The standard InChI is InChI=1S/C13H16N2O5S2/c1-8(16)21-7-9-4-13(17)15(6-9)12-5-10(22(18,19)20)2-3-11(12)14/h2-3,5,9H,4,6-7,14H2,1H3,(H,18,19,20). The summed E-state index contributed by atoms with van der Waals surface area (Å²) in [4.78, 5) is 24.2. The van der Waals surface area contributed by atoms with E-state index in [9.17, 15) is 18.0 Å². The van der Waals surface area contributed by atoms with Gasteiger partial charge in [0.15, 0.2) is 5.12 Å². The van der Waals surface area contributed by atoms with Gasteiger partial charge in [0.05, 0.1) is 16.3 Å². The zero-order chi connectivity index (χ0) is 16.5. The maximum absolute atomic E-state index is 12.1. The summed E-state index contributed by atoms with van der Waals surface area (Å²) in [6.45, 7) is 1.82. The number of anilines is 2. The molecule has 1 unspecified atom stereocenters. The highest BCUT2D eigenvalue weighted by Crippen LogP contribution is 2.32. The van der Waals surface area contributed by atoms with Crippen LogP contribution in [0, 0.1) is 5.92 Å². The minimum absolute atomic E-state index is 0.00445. The minimum Gasteiger partial charge on any atom is -0.397 e. The lowest BCUT2D eigenvalue weighted by Crippen LogP contribution is -2.26. The monoisotopic (exact) mass is 344 g/mol. The van der Waals surface area contributed by atoms with Gasteiger partial charge in [-0.25, -0.2) is 0 Å². The summed E-state index contributed by atoms with van der Waals surface area (Å²) >= 11 is 1.15. The molecule has 1 aliphatic rings. The van der Waals surface area contributed by atoms with Gasteiger partial charge in [-0.1, -0.05) is 11.8 Å². The zero-order valence-corrected chi connectivity index (χ0v) is 13.5. The molecule has 0 spiro atoms. The number of carbonyl (C=O) groups excluding carboxylic acids is 2. The quantitative estimate of drug-likeness (QED) is 0.621. The third-order valence-corrected chi connectivity index (χ3v) is 5.21. The Kier molecular flexibility index (Phi) is 4.78. The van der Waals surface area contributed by atoms with E-state index in [-0.39, 0.29) is 39.6 Å². The van der Waals surface area contributed by atoms with Crippen LogP contribution in [0.5, 0.6) is 0 Å². The predicted molar refractivity (Wildman–Crippen MR) is 84.3 cm³/mol. The highest BCUT2D eigenvalue weighted by Gasteiger charge is 2.32. The largest absolute Gasteiger partial charge is 0.397 e. The van der Waals surface area contributed by atoms with Gasteiger partial charge in [0, 0.05) is 25.6 Å². The van der Waals surface area contributed by atoms with E-state index in [4.69, 9.17) is 10.3 Å². The molecular weight excluding hydrogens is 328 g/mol. The van der Waals surface area contributed by atoms with E-state index in [1.54, 1.807) is 0 Å². The molecule has 1 amide bonds. The molecule has 3 N–H and O–H groups in total. The van der Waals surface area contributed by atoms with Crippen molar-refractivity contribution in [3.05, 3.63) is 18.2 Å². The van der Waals surface area contributed by atoms with Gasteiger partial charge >= 0.3 is 0 Å². The fourth-order valence-corrected chi connectivity index (χ4v) is 3.47. The summed E-state index contributed by atoms with van der Waals surface area (Å²) in [5.74, 6) is 0.332. The van der Waals surface area contributed by atoms with E-state index in [1.807, 2.05) is 0 Å². The average Bonchev–Trinajstić information content (AvgIpc) is 2.77. The van der Waals surface area contributed by atoms with Gasteiger partial charge in [-0.3, -0.25) is 14.1 Å². The van der Waals surface area contributed by atoms with Crippen molar-refractivity contribution in [2.24, 2.45) is 5.92 Å². The van der Waals surface area contributed by atoms with Crippen molar-refractivity contribution in [3.8, 4) is 0 Å². The Balaban J connectivity index is 2.25. The molecule has 1 atom stereocenters. The SMILES string of the molecule is CC(=O)SCC1CC(=O)N(c2cc(S(=O)(=O)O)ccc2N)C1. The van der Waals surface area contributed by atoms with Crippen molar-refractivity contribution in [3.63, 3.8) is 0 Å². The maximum atomic E-state index is 12.1. The number of hydrogen-bond acceptors (Lipinski definition) is 6. The first-order valence-electron chi connectivity index (χ1n) is 6.49. The second kappa shape index (κ2) is 6.27. The topological polar surface area (TPSA) is 118 Å². The number of amides is 1. The number of hydrogen-bond donors (Lipinski definition) is 2. The molecule has 1 fully saturated rings. The number of nitrogen functional groups attached to an aromatic ring is 1. The molecule has 1 aromatic rings. The molecular formula is C13H16N2O5S2. The Hall–Kier alpha value is -1.58. The summed E-state index contributed by atoms with van der Waals surface area (Å²) in [6.07, 6.45) is 0.274. The third-order valence-electron chi connectivity index (χ3n) is 3.32. The van der Waals surface area contributed by atoms with Gasteiger partial charge in [0.25, 0.3) is 10.1 Å². The van der Waals surface area contributed by atoms with Crippen LogP contribution in [0.25, 0.3) is 0 Å². The van der Waals surface area contributed by atoms with Crippen molar-refractivity contribution >= 4 is 44.3 Å². The van der Waals surface area contributed by atoms with E-state index in [1.165, 1.54) is 30.0 Å². The first kappa shape index (κ1) is 16.8. The summed E-state index contributed by atoms with van der Waals surface area (Å²) < 4.78 is 31.5. The number of carbonyl (C=O) groups is 2. The maximum Gasteiger partial charge on any atom is 0.294 e. The number of benzene rings is 1. The molecule has 1 heterocycles. The van der Waals surface area contributed by atoms with E-state index in [2.05, 4.69) is 0 Å². The molecule has 0 saturated carbocycles. The molecule has 120 valence electrons. The summed E-state index contributed by atoms with van der Waals surface area (Å²) in [6, 6.07) is 3.70. The molecule has 1 aliphatic heterocycles. The van der Waals surface area contributed by atoms with Crippen LogP contribution in [0.4, 0.5) is 11.4 Å². The normalized spacial score (nSPS) is 18.7. The first-order valence-corrected chi connectivity index (χ1v) is 8.92. The van der Waals surface area contributed by atoms with Crippen molar-refractivity contribution in [2.45, 2.75) is 18.2 Å². The molecule has 1 aromatic carbocycles. The minimum atomic E-state index is -4.37. The predicted octanol–water partition coefficient (Wildman–Crippen LogP) is 1.15. The van der Waals surface area contributed by atoms with Crippen LogP contribution in [-0.4, -0.2) is 36.3 Å². The van der Waals surface area contributed by atoms with E-state index >= 15 is 0 Å². The molecule has 1 saturated heterocycles. The average molecular weight is 344 g/mol. The molecule has 22 heavy (non-hydrogen) atoms. The van der Waals surface area contributed by atoms with Crippen LogP contribution in [0.15, 0.2) is 23.1 Å². The number of rotatable bonds is 4. The van der Waals surface area contributed by atoms with Crippen LogP contribution < -0.4 is 10.6 Å². The fourth-order valence-electron chi connectivity index (χ4n) is 2.28. The Bertz CT molecular complexity index is 717. The molecule has 7 nitrogen and oxygen atoms in total. The lowest BCUT2D eigenvalue weighted by Gasteiger charge is -2.19. The number of nitrogens with two attached hydrogens (primary N) is 1. The highest BCUT2D eigenvalue weighted by atomic mass is 32.2. The summed E-state index contributed by atoms with van der Waals surface area (Å²) in [5, 5.41) is -0.0150. The van der Waals surface area contributed by atoms with Crippen LogP contribution in [-0.2, 0) is 19.7 Å². The van der Waals surface area contributed by atoms with Crippen LogP contribution >= 0.6 is 11.8 Å². The molecule has 9 heteroatoms. The van der Waals surface area contributed by atoms with Crippen molar-refractivity contribution in [1.29, 1.82) is 0 Å². The number of thioether (sulfide) groups is 1.